The first-order valence-corrected chi connectivity index (χ1v) is 9.48. The van der Waals surface area contributed by atoms with Crippen LogP contribution in [0, 0.1) is 6.92 Å². The van der Waals surface area contributed by atoms with Gasteiger partial charge in [-0.15, -0.1) is 0 Å². The number of benzene rings is 2. The zero-order chi connectivity index (χ0) is 21.5. The molecule has 2 aromatic carbocycles. The first kappa shape index (κ1) is 21.1. The van der Waals surface area contributed by atoms with Crippen molar-refractivity contribution >= 4 is 35.3 Å². The highest BCUT2D eigenvalue weighted by Gasteiger charge is 2.08. The predicted molar refractivity (Wildman–Crippen MR) is 115 cm³/mol. The summed E-state index contributed by atoms with van der Waals surface area (Å²) in [6.07, 6.45) is 1.37. The average Bonchev–Trinajstić information content (AvgIpc) is 3.15. The Morgan fingerprint density at radius 2 is 1.90 bits per heavy atom. The van der Waals surface area contributed by atoms with E-state index in [2.05, 4.69) is 15.8 Å². The van der Waals surface area contributed by atoms with Crippen LogP contribution in [0.4, 0.5) is 5.69 Å². The standard InChI is InChI=1S/C22H20ClN3O4/c1-14-4-3-5-20(23)19(14)13-29-21-11-10-18(30-21)12-24-26-22(28)16-6-8-17(9-7-16)25-15(2)27/h3-12H,13H2,1-2H3,(H,25,27)(H,26,28)/b24-12+. The van der Waals surface area contributed by atoms with E-state index >= 15 is 0 Å². The van der Waals surface area contributed by atoms with Crippen LogP contribution in [0.15, 0.2) is 64.1 Å². The van der Waals surface area contributed by atoms with Gasteiger partial charge in [0, 0.05) is 34.8 Å². The van der Waals surface area contributed by atoms with Crippen LogP contribution in [0.1, 0.15) is 34.2 Å². The second-order valence-electron chi connectivity index (χ2n) is 6.44. The number of carbonyl (C=O) groups is 2. The van der Waals surface area contributed by atoms with E-state index in [0.29, 0.717) is 28.0 Å². The molecular weight excluding hydrogens is 406 g/mol. The van der Waals surface area contributed by atoms with Crippen LogP contribution in [-0.2, 0) is 11.4 Å². The number of nitrogens with one attached hydrogen (secondary N) is 2. The molecule has 0 saturated carbocycles. The maximum absolute atomic E-state index is 12.1. The molecule has 0 bridgehead atoms. The highest BCUT2D eigenvalue weighted by molar-refractivity contribution is 6.31. The zero-order valence-corrected chi connectivity index (χ0v) is 17.2. The van der Waals surface area contributed by atoms with E-state index in [1.807, 2.05) is 25.1 Å². The van der Waals surface area contributed by atoms with Crippen LogP contribution in [0.3, 0.4) is 0 Å². The molecule has 0 spiro atoms. The summed E-state index contributed by atoms with van der Waals surface area (Å²) in [6, 6.07) is 15.4. The van der Waals surface area contributed by atoms with Crippen LogP contribution in [-0.4, -0.2) is 18.0 Å². The highest BCUT2D eigenvalue weighted by Crippen LogP contribution is 2.22. The molecule has 30 heavy (non-hydrogen) atoms. The smallest absolute Gasteiger partial charge is 0.285 e. The van der Waals surface area contributed by atoms with Crippen molar-refractivity contribution in [1.82, 2.24) is 5.43 Å². The van der Waals surface area contributed by atoms with Gasteiger partial charge in [0.2, 0.25) is 5.91 Å². The van der Waals surface area contributed by atoms with Gasteiger partial charge in [-0.3, -0.25) is 9.59 Å². The second kappa shape index (κ2) is 9.76. The molecule has 0 fully saturated rings. The van der Waals surface area contributed by atoms with Crippen LogP contribution in [0.2, 0.25) is 5.02 Å². The molecule has 0 unspecified atom stereocenters. The minimum Gasteiger partial charge on any atom is -0.460 e. The van der Waals surface area contributed by atoms with E-state index in [4.69, 9.17) is 20.8 Å². The Bertz CT molecular complexity index is 1050. The summed E-state index contributed by atoms with van der Waals surface area (Å²) in [4.78, 5) is 23.1. The minimum atomic E-state index is -0.391. The first-order valence-electron chi connectivity index (χ1n) is 9.10. The lowest BCUT2D eigenvalue weighted by molar-refractivity contribution is -0.114. The van der Waals surface area contributed by atoms with E-state index in [0.717, 1.165) is 11.1 Å². The number of hydrogen-bond acceptors (Lipinski definition) is 5. The van der Waals surface area contributed by atoms with Gasteiger partial charge in [0.25, 0.3) is 11.9 Å². The van der Waals surface area contributed by atoms with E-state index in [-0.39, 0.29) is 12.5 Å². The third-order valence-electron chi connectivity index (χ3n) is 4.14. The van der Waals surface area contributed by atoms with Gasteiger partial charge in [-0.25, -0.2) is 5.43 Å². The lowest BCUT2D eigenvalue weighted by Crippen LogP contribution is -2.17. The summed E-state index contributed by atoms with van der Waals surface area (Å²) < 4.78 is 11.2. The second-order valence-corrected chi connectivity index (χ2v) is 6.85. The molecule has 0 aliphatic rings. The maximum Gasteiger partial charge on any atom is 0.285 e. The summed E-state index contributed by atoms with van der Waals surface area (Å²) in [6.45, 7) is 3.65. The van der Waals surface area contributed by atoms with E-state index in [1.165, 1.54) is 13.1 Å². The zero-order valence-electron chi connectivity index (χ0n) is 16.4. The molecule has 0 aliphatic carbocycles. The van der Waals surface area contributed by atoms with Gasteiger partial charge in [-0.2, -0.15) is 5.10 Å². The fourth-order valence-corrected chi connectivity index (χ4v) is 2.88. The third-order valence-corrected chi connectivity index (χ3v) is 4.49. The number of amides is 2. The lowest BCUT2D eigenvalue weighted by Gasteiger charge is -2.08. The van der Waals surface area contributed by atoms with Crippen LogP contribution < -0.4 is 15.5 Å². The maximum atomic E-state index is 12.1. The summed E-state index contributed by atoms with van der Waals surface area (Å²) >= 11 is 6.19. The molecule has 8 heteroatoms. The summed E-state index contributed by atoms with van der Waals surface area (Å²) in [5.41, 5.74) is 5.35. The van der Waals surface area contributed by atoms with Crippen molar-refractivity contribution in [2.75, 3.05) is 5.32 Å². The number of aryl methyl sites for hydroxylation is 1. The van der Waals surface area contributed by atoms with Gasteiger partial charge in [0.15, 0.2) is 5.76 Å². The number of rotatable bonds is 7. The highest BCUT2D eigenvalue weighted by atomic mass is 35.5. The average molecular weight is 426 g/mol. The van der Waals surface area contributed by atoms with Gasteiger partial charge in [0.05, 0.1) is 6.21 Å². The molecule has 0 radical (unpaired) electrons. The van der Waals surface area contributed by atoms with Gasteiger partial charge < -0.3 is 14.5 Å². The molecule has 1 aromatic heterocycles. The van der Waals surface area contributed by atoms with Crippen LogP contribution in [0.25, 0.3) is 0 Å². The number of hydrogen-bond donors (Lipinski definition) is 2. The fourth-order valence-electron chi connectivity index (χ4n) is 2.60. The van der Waals surface area contributed by atoms with E-state index < -0.39 is 5.91 Å². The van der Waals surface area contributed by atoms with Gasteiger partial charge >= 0.3 is 0 Å². The molecule has 3 aromatic rings. The Labute approximate surface area is 178 Å². The van der Waals surface area contributed by atoms with Gasteiger partial charge in [0.1, 0.15) is 6.61 Å². The van der Waals surface area contributed by atoms with Crippen molar-refractivity contribution in [3.63, 3.8) is 0 Å². The molecule has 2 N–H and O–H groups in total. The first-order chi connectivity index (χ1) is 14.4. The Morgan fingerprint density at radius 1 is 1.13 bits per heavy atom. The summed E-state index contributed by atoms with van der Waals surface area (Å²) in [5, 5.41) is 7.15. The van der Waals surface area contributed by atoms with Crippen LogP contribution >= 0.6 is 11.6 Å². The minimum absolute atomic E-state index is 0.180. The summed E-state index contributed by atoms with van der Waals surface area (Å²) in [7, 11) is 0. The van der Waals surface area contributed by atoms with Crippen molar-refractivity contribution in [1.29, 1.82) is 0 Å². The monoisotopic (exact) mass is 425 g/mol. The van der Waals surface area contributed by atoms with Gasteiger partial charge in [-0.1, -0.05) is 23.7 Å². The molecule has 0 saturated heterocycles. The molecule has 2 amide bonds. The van der Waals surface area contributed by atoms with Crippen molar-refractivity contribution in [2.45, 2.75) is 20.5 Å². The van der Waals surface area contributed by atoms with Crippen LogP contribution in [0.5, 0.6) is 5.95 Å². The molecule has 7 nitrogen and oxygen atoms in total. The lowest BCUT2D eigenvalue weighted by atomic mass is 10.1. The number of nitrogens with zero attached hydrogens (tertiary/aromatic N) is 1. The molecule has 1 heterocycles. The fraction of sp³-hybridized carbons (Fsp3) is 0.136. The molecule has 154 valence electrons. The van der Waals surface area contributed by atoms with Crippen molar-refractivity contribution < 1.29 is 18.7 Å². The van der Waals surface area contributed by atoms with Gasteiger partial charge in [-0.05, 0) is 48.9 Å². The Morgan fingerprint density at radius 3 is 2.60 bits per heavy atom. The number of anilines is 1. The van der Waals surface area contributed by atoms with Crippen molar-refractivity contribution in [3.8, 4) is 5.95 Å². The predicted octanol–water partition coefficient (Wildman–Crippen LogP) is 4.54. The Kier molecular flexibility index (Phi) is 6.87. The number of ether oxygens (including phenoxy) is 1. The third kappa shape index (κ3) is 5.71. The van der Waals surface area contributed by atoms with E-state index in [9.17, 15) is 9.59 Å². The molecule has 3 rings (SSSR count). The number of halogens is 1. The van der Waals surface area contributed by atoms with Crippen molar-refractivity contribution in [2.24, 2.45) is 5.10 Å². The topological polar surface area (TPSA) is 92.9 Å². The number of carbonyl (C=O) groups excluding carboxylic acids is 2. The SMILES string of the molecule is CC(=O)Nc1ccc(C(=O)N/N=C/c2ccc(OCc3c(C)cccc3Cl)o2)cc1. The summed E-state index contributed by atoms with van der Waals surface area (Å²) in [5.74, 6) is 0.163. The molecular formula is C22H20ClN3O4. The van der Waals surface area contributed by atoms with Crippen molar-refractivity contribution in [3.05, 3.63) is 82.1 Å². The number of furan rings is 1. The largest absolute Gasteiger partial charge is 0.460 e. The number of hydrazone groups is 1. The quantitative estimate of drug-likeness (QED) is 0.429. The Hall–Kier alpha value is -3.58. The normalized spacial score (nSPS) is 10.8. The molecule has 0 aliphatic heterocycles. The Balaban J connectivity index is 1.53. The van der Waals surface area contributed by atoms with E-state index in [1.54, 1.807) is 36.4 Å². The molecule has 0 atom stereocenters.